The van der Waals surface area contributed by atoms with Crippen LogP contribution in [0, 0.1) is 12.3 Å². The SMILES string of the molecule is C#CC(=O)Oc1cccnc1. The molecule has 0 aliphatic heterocycles. The van der Waals surface area contributed by atoms with Gasteiger partial charge in [-0.2, -0.15) is 0 Å². The Bertz CT molecular complexity index is 287. The highest BCUT2D eigenvalue weighted by atomic mass is 16.5. The van der Waals surface area contributed by atoms with Crippen LogP contribution in [0.4, 0.5) is 0 Å². The lowest BCUT2D eigenvalue weighted by molar-refractivity contribution is -0.128. The molecule has 0 aliphatic carbocycles. The third-order valence-corrected chi connectivity index (χ3v) is 0.963. The lowest BCUT2D eigenvalue weighted by Crippen LogP contribution is -2.03. The van der Waals surface area contributed by atoms with Crippen LogP contribution in [0.15, 0.2) is 24.5 Å². The Labute approximate surface area is 64.0 Å². The smallest absolute Gasteiger partial charge is 0.389 e. The van der Waals surface area contributed by atoms with Crippen LogP contribution in [0.5, 0.6) is 5.75 Å². The van der Waals surface area contributed by atoms with Gasteiger partial charge in [0, 0.05) is 12.1 Å². The monoisotopic (exact) mass is 147 g/mol. The second-order valence-electron chi connectivity index (χ2n) is 1.72. The number of rotatable bonds is 1. The van der Waals surface area contributed by atoms with Crippen LogP contribution >= 0.6 is 0 Å². The molecule has 0 fully saturated rings. The van der Waals surface area contributed by atoms with Crippen molar-refractivity contribution in [2.45, 2.75) is 0 Å². The summed E-state index contributed by atoms with van der Waals surface area (Å²) in [7, 11) is 0. The number of hydrogen-bond acceptors (Lipinski definition) is 3. The molecule has 0 unspecified atom stereocenters. The summed E-state index contributed by atoms with van der Waals surface area (Å²) in [5.41, 5.74) is 0. The number of carbonyl (C=O) groups is 1. The molecule has 0 N–H and O–H groups in total. The summed E-state index contributed by atoms with van der Waals surface area (Å²) >= 11 is 0. The summed E-state index contributed by atoms with van der Waals surface area (Å²) in [6.45, 7) is 0. The van der Waals surface area contributed by atoms with Gasteiger partial charge in [-0.1, -0.05) is 0 Å². The zero-order valence-corrected chi connectivity index (χ0v) is 5.65. The lowest BCUT2D eigenvalue weighted by Gasteiger charge is -1.95. The summed E-state index contributed by atoms with van der Waals surface area (Å²) in [5, 5.41) is 0. The van der Waals surface area contributed by atoms with Crippen molar-refractivity contribution in [1.82, 2.24) is 4.98 Å². The van der Waals surface area contributed by atoms with Crippen LogP contribution in [-0.4, -0.2) is 11.0 Å². The van der Waals surface area contributed by atoms with Gasteiger partial charge in [0.2, 0.25) is 0 Å². The van der Waals surface area contributed by atoms with Gasteiger partial charge in [-0.25, -0.2) is 4.79 Å². The summed E-state index contributed by atoms with van der Waals surface area (Å²) in [6.07, 6.45) is 7.76. The molecular weight excluding hydrogens is 142 g/mol. The number of esters is 1. The van der Waals surface area contributed by atoms with E-state index in [4.69, 9.17) is 6.42 Å². The Morgan fingerprint density at radius 3 is 3.09 bits per heavy atom. The van der Waals surface area contributed by atoms with E-state index in [0.29, 0.717) is 5.75 Å². The van der Waals surface area contributed by atoms with Crippen molar-refractivity contribution in [3.8, 4) is 18.1 Å². The first kappa shape index (κ1) is 7.29. The van der Waals surface area contributed by atoms with Crippen LogP contribution < -0.4 is 4.74 Å². The van der Waals surface area contributed by atoms with E-state index in [2.05, 4.69) is 9.72 Å². The molecule has 0 aromatic carbocycles. The molecule has 0 radical (unpaired) electrons. The van der Waals surface area contributed by atoms with Crippen LogP contribution in [0.25, 0.3) is 0 Å². The molecule has 54 valence electrons. The normalized spacial score (nSPS) is 8.27. The van der Waals surface area contributed by atoms with Crippen molar-refractivity contribution in [1.29, 1.82) is 0 Å². The van der Waals surface area contributed by atoms with Crippen molar-refractivity contribution in [2.24, 2.45) is 0 Å². The fourth-order valence-electron chi connectivity index (χ4n) is 0.544. The largest absolute Gasteiger partial charge is 0.415 e. The van der Waals surface area contributed by atoms with Crippen LogP contribution in [-0.2, 0) is 4.79 Å². The van der Waals surface area contributed by atoms with Gasteiger partial charge in [0.15, 0.2) is 0 Å². The first-order chi connectivity index (χ1) is 5.33. The molecule has 0 saturated heterocycles. The predicted molar refractivity (Wildman–Crippen MR) is 38.7 cm³/mol. The minimum absolute atomic E-state index is 0.357. The van der Waals surface area contributed by atoms with Crippen molar-refractivity contribution >= 4 is 5.97 Å². The number of nitrogens with zero attached hydrogens (tertiary/aromatic N) is 1. The van der Waals surface area contributed by atoms with E-state index >= 15 is 0 Å². The number of ether oxygens (including phenoxy) is 1. The Hall–Kier alpha value is -1.82. The zero-order valence-electron chi connectivity index (χ0n) is 5.65. The lowest BCUT2D eigenvalue weighted by atomic mass is 10.5. The van der Waals surface area contributed by atoms with E-state index in [-0.39, 0.29) is 0 Å². The van der Waals surface area contributed by atoms with Gasteiger partial charge in [0.25, 0.3) is 0 Å². The number of aromatic nitrogens is 1. The first-order valence-electron chi connectivity index (χ1n) is 2.91. The summed E-state index contributed by atoms with van der Waals surface area (Å²) in [4.78, 5) is 14.2. The van der Waals surface area contributed by atoms with Gasteiger partial charge in [-0.15, -0.1) is 6.42 Å². The summed E-state index contributed by atoms with van der Waals surface area (Å²) < 4.78 is 4.63. The molecule has 0 saturated carbocycles. The molecule has 0 amide bonds. The third-order valence-electron chi connectivity index (χ3n) is 0.963. The minimum Gasteiger partial charge on any atom is -0.415 e. The number of carbonyl (C=O) groups excluding carboxylic acids is 1. The van der Waals surface area contributed by atoms with E-state index in [1.165, 1.54) is 6.20 Å². The summed E-state index contributed by atoms with van der Waals surface area (Å²) in [6, 6.07) is 3.25. The van der Waals surface area contributed by atoms with E-state index in [9.17, 15) is 4.79 Å². The molecule has 1 rings (SSSR count). The van der Waals surface area contributed by atoms with Gasteiger partial charge in [-0.05, 0) is 12.1 Å². The first-order valence-corrected chi connectivity index (χ1v) is 2.91. The summed E-state index contributed by atoms with van der Waals surface area (Å²) in [5.74, 6) is 1.47. The van der Waals surface area contributed by atoms with Gasteiger partial charge in [0.1, 0.15) is 5.75 Å². The Balaban J connectivity index is 2.67. The van der Waals surface area contributed by atoms with Gasteiger partial charge < -0.3 is 4.74 Å². The van der Waals surface area contributed by atoms with E-state index in [0.717, 1.165) is 0 Å². The van der Waals surface area contributed by atoms with E-state index in [1.807, 2.05) is 5.92 Å². The Morgan fingerprint density at radius 1 is 1.73 bits per heavy atom. The Kier molecular flexibility index (Phi) is 2.24. The maximum Gasteiger partial charge on any atom is 0.389 e. The van der Waals surface area contributed by atoms with Crippen LogP contribution in [0.2, 0.25) is 0 Å². The van der Waals surface area contributed by atoms with Crippen molar-refractivity contribution in [3.63, 3.8) is 0 Å². The van der Waals surface area contributed by atoms with Crippen LogP contribution in [0.1, 0.15) is 0 Å². The quantitative estimate of drug-likeness (QED) is 0.332. The highest BCUT2D eigenvalue weighted by Crippen LogP contribution is 2.05. The van der Waals surface area contributed by atoms with E-state index in [1.54, 1.807) is 18.3 Å². The molecule has 1 heterocycles. The average molecular weight is 147 g/mol. The van der Waals surface area contributed by atoms with Gasteiger partial charge in [0.05, 0.1) is 6.20 Å². The molecule has 0 bridgehead atoms. The number of terminal acetylenes is 1. The van der Waals surface area contributed by atoms with Crippen molar-refractivity contribution in [3.05, 3.63) is 24.5 Å². The highest BCUT2D eigenvalue weighted by molar-refractivity contribution is 5.89. The molecule has 0 atom stereocenters. The molecule has 1 aromatic heterocycles. The minimum atomic E-state index is -0.710. The maximum atomic E-state index is 10.5. The van der Waals surface area contributed by atoms with Crippen molar-refractivity contribution < 1.29 is 9.53 Å². The zero-order chi connectivity index (χ0) is 8.10. The van der Waals surface area contributed by atoms with Gasteiger partial charge >= 0.3 is 5.97 Å². The Morgan fingerprint density at radius 2 is 2.55 bits per heavy atom. The van der Waals surface area contributed by atoms with Crippen molar-refractivity contribution in [2.75, 3.05) is 0 Å². The van der Waals surface area contributed by atoms with E-state index < -0.39 is 5.97 Å². The van der Waals surface area contributed by atoms with Gasteiger partial charge in [-0.3, -0.25) is 4.98 Å². The number of hydrogen-bond donors (Lipinski definition) is 0. The maximum absolute atomic E-state index is 10.5. The predicted octanol–water partition coefficient (Wildman–Crippen LogP) is 0.620. The molecule has 0 aliphatic rings. The molecule has 3 heteroatoms. The second kappa shape index (κ2) is 3.37. The topological polar surface area (TPSA) is 39.2 Å². The standard InChI is InChI=1S/C8H5NO2/c1-2-8(10)11-7-4-3-5-9-6-7/h1,3-6H. The molecule has 0 spiro atoms. The van der Waals surface area contributed by atoms with Crippen LogP contribution in [0.3, 0.4) is 0 Å². The molecule has 1 aromatic rings. The number of pyridine rings is 1. The second-order valence-corrected chi connectivity index (χ2v) is 1.72. The highest BCUT2D eigenvalue weighted by Gasteiger charge is 1.97. The third kappa shape index (κ3) is 2.11. The molecule has 11 heavy (non-hydrogen) atoms. The average Bonchev–Trinajstić information content (AvgIpc) is 2.06. The molecular formula is C8H5NO2. The fourth-order valence-corrected chi connectivity index (χ4v) is 0.544. The fraction of sp³-hybridized carbons (Fsp3) is 0. The molecule has 3 nitrogen and oxygen atoms in total.